The van der Waals surface area contributed by atoms with E-state index in [9.17, 15) is 0 Å². The highest BCUT2D eigenvalue weighted by Gasteiger charge is 2.19. The highest BCUT2D eigenvalue weighted by Crippen LogP contribution is 2.42. The fraction of sp³-hybridized carbons (Fsp3) is 0. The average molecular weight is 959 g/mol. The van der Waals surface area contributed by atoms with Gasteiger partial charge in [-0.3, -0.25) is 0 Å². The minimum Gasteiger partial charge on any atom is -0.456 e. The molecular formula is C69H42N4O2. The molecule has 0 fully saturated rings. The van der Waals surface area contributed by atoms with Crippen molar-refractivity contribution in [1.82, 2.24) is 19.5 Å². The van der Waals surface area contributed by atoms with Gasteiger partial charge in [0.2, 0.25) is 0 Å². The Morgan fingerprint density at radius 1 is 0.253 bits per heavy atom. The maximum absolute atomic E-state index is 6.67. The van der Waals surface area contributed by atoms with Crippen molar-refractivity contribution in [3.63, 3.8) is 0 Å². The second-order valence-electron chi connectivity index (χ2n) is 19.1. The summed E-state index contributed by atoms with van der Waals surface area (Å²) in [7, 11) is 0. The van der Waals surface area contributed by atoms with E-state index in [2.05, 4.69) is 199 Å². The Morgan fingerprint density at radius 3 is 1.52 bits per heavy atom. The zero-order chi connectivity index (χ0) is 49.4. The lowest BCUT2D eigenvalue weighted by molar-refractivity contribution is 0.668. The van der Waals surface area contributed by atoms with Crippen LogP contribution in [0.5, 0.6) is 0 Å². The molecule has 0 spiro atoms. The summed E-state index contributed by atoms with van der Waals surface area (Å²) in [6.45, 7) is 0. The summed E-state index contributed by atoms with van der Waals surface area (Å²) in [5.74, 6) is 1.87. The largest absolute Gasteiger partial charge is 0.456 e. The molecule has 6 nitrogen and oxygen atoms in total. The average Bonchev–Trinajstić information content (AvgIpc) is 4.17. The van der Waals surface area contributed by atoms with Gasteiger partial charge >= 0.3 is 0 Å². The van der Waals surface area contributed by atoms with Crippen LogP contribution in [0.25, 0.3) is 150 Å². The Hall–Kier alpha value is -10.2. The Kier molecular flexibility index (Phi) is 9.78. The van der Waals surface area contributed by atoms with Gasteiger partial charge in [0.25, 0.3) is 0 Å². The van der Waals surface area contributed by atoms with Crippen molar-refractivity contribution in [3.8, 4) is 84.4 Å². The lowest BCUT2D eigenvalue weighted by Crippen LogP contribution is -2.00. The summed E-state index contributed by atoms with van der Waals surface area (Å²) in [6.07, 6.45) is 0. The number of nitrogens with zero attached hydrogens (tertiary/aromatic N) is 4. The minimum atomic E-state index is 0.613. The Labute approximate surface area is 431 Å². The summed E-state index contributed by atoms with van der Waals surface area (Å²) in [5, 5.41) is 6.74. The smallest absolute Gasteiger partial charge is 0.164 e. The first-order valence-corrected chi connectivity index (χ1v) is 25.2. The first-order valence-electron chi connectivity index (χ1n) is 25.2. The summed E-state index contributed by atoms with van der Waals surface area (Å²) in [4.78, 5) is 14.9. The normalized spacial score (nSPS) is 11.7. The fourth-order valence-corrected chi connectivity index (χ4v) is 11.0. The number of aromatic nitrogens is 4. The summed E-state index contributed by atoms with van der Waals surface area (Å²) < 4.78 is 15.6. The van der Waals surface area contributed by atoms with Crippen LogP contribution in [0.3, 0.4) is 0 Å². The van der Waals surface area contributed by atoms with Gasteiger partial charge in [-0.25, -0.2) is 15.0 Å². The van der Waals surface area contributed by atoms with E-state index in [1.807, 2.05) is 60.7 Å². The van der Waals surface area contributed by atoms with Crippen molar-refractivity contribution in [2.24, 2.45) is 0 Å². The zero-order valence-electron chi connectivity index (χ0n) is 40.4. The number of hydrogen-bond donors (Lipinski definition) is 0. The van der Waals surface area contributed by atoms with Crippen molar-refractivity contribution < 1.29 is 8.83 Å². The second kappa shape index (κ2) is 17.3. The van der Waals surface area contributed by atoms with E-state index in [1.54, 1.807) is 0 Å². The first kappa shape index (κ1) is 42.5. The van der Waals surface area contributed by atoms with E-state index in [0.29, 0.717) is 17.5 Å². The molecule has 0 N–H and O–H groups in total. The fourth-order valence-electron chi connectivity index (χ4n) is 11.0. The maximum Gasteiger partial charge on any atom is 0.164 e. The van der Waals surface area contributed by atoms with Crippen LogP contribution in [0.4, 0.5) is 0 Å². The molecule has 75 heavy (non-hydrogen) atoms. The van der Waals surface area contributed by atoms with Gasteiger partial charge in [-0.1, -0.05) is 176 Å². The molecule has 11 aromatic carbocycles. The molecule has 0 saturated heterocycles. The molecule has 15 rings (SSSR count). The third-order valence-corrected chi connectivity index (χ3v) is 14.7. The predicted molar refractivity (Wildman–Crippen MR) is 307 cm³/mol. The van der Waals surface area contributed by atoms with Crippen molar-refractivity contribution >= 4 is 65.7 Å². The van der Waals surface area contributed by atoms with E-state index in [-0.39, 0.29) is 0 Å². The van der Waals surface area contributed by atoms with Crippen LogP contribution in [0.2, 0.25) is 0 Å². The van der Waals surface area contributed by atoms with Crippen LogP contribution in [0.15, 0.2) is 264 Å². The third kappa shape index (κ3) is 7.30. The van der Waals surface area contributed by atoms with Gasteiger partial charge in [0.15, 0.2) is 17.5 Å². The molecule has 0 aliphatic carbocycles. The Bertz CT molecular complexity index is 4650. The van der Waals surface area contributed by atoms with Gasteiger partial charge < -0.3 is 13.4 Å². The molecule has 6 heteroatoms. The minimum absolute atomic E-state index is 0.613. The van der Waals surface area contributed by atoms with E-state index >= 15 is 0 Å². The zero-order valence-corrected chi connectivity index (χ0v) is 40.4. The van der Waals surface area contributed by atoms with Crippen LogP contribution in [0, 0.1) is 0 Å². The van der Waals surface area contributed by atoms with Gasteiger partial charge in [0.1, 0.15) is 22.3 Å². The molecule has 350 valence electrons. The number of fused-ring (bicyclic) bond motifs is 9. The molecular weight excluding hydrogens is 917 g/mol. The molecule has 0 atom stereocenters. The summed E-state index contributed by atoms with van der Waals surface area (Å²) >= 11 is 0. The van der Waals surface area contributed by atoms with E-state index < -0.39 is 0 Å². The standard InChI is InChI=1S/C69H42N4O2/c1-4-15-43(16-5-1)48-30-35-61-58(39-48)55-25-10-11-27-60(55)73(61)53-32-34-56-59-40-49(31-36-62(59)74-65(56)42-53)46-21-12-22-47(37-46)50-29-33-57-64(41-50)75-63-28-14-26-54(66(57)63)51-23-13-24-52(38-51)69-71-67(44-17-6-2-7-18-44)70-68(72-69)45-19-8-3-9-20-45/h1-42H. The molecule has 0 unspecified atom stereocenters. The van der Waals surface area contributed by atoms with E-state index in [1.165, 1.54) is 21.9 Å². The maximum atomic E-state index is 6.67. The Balaban J connectivity index is 0.753. The highest BCUT2D eigenvalue weighted by molar-refractivity contribution is 6.14. The number of benzene rings is 11. The van der Waals surface area contributed by atoms with Crippen LogP contribution in [-0.2, 0) is 0 Å². The Morgan fingerprint density at radius 2 is 0.760 bits per heavy atom. The van der Waals surface area contributed by atoms with Crippen LogP contribution >= 0.6 is 0 Å². The van der Waals surface area contributed by atoms with Gasteiger partial charge in [0.05, 0.1) is 11.0 Å². The number of hydrogen-bond acceptors (Lipinski definition) is 5. The molecule has 4 aromatic heterocycles. The molecule has 0 aliphatic rings. The van der Waals surface area contributed by atoms with Crippen LogP contribution in [-0.4, -0.2) is 19.5 Å². The molecule has 0 saturated carbocycles. The topological polar surface area (TPSA) is 69.9 Å². The van der Waals surface area contributed by atoms with Crippen molar-refractivity contribution in [3.05, 3.63) is 255 Å². The number of para-hydroxylation sites is 1. The van der Waals surface area contributed by atoms with E-state index in [0.717, 1.165) is 111 Å². The molecule has 0 aliphatic heterocycles. The summed E-state index contributed by atoms with van der Waals surface area (Å²) in [6, 6.07) is 89.3. The molecule has 0 amide bonds. The molecule has 0 bridgehead atoms. The van der Waals surface area contributed by atoms with Crippen LogP contribution < -0.4 is 0 Å². The number of furan rings is 2. The molecule has 4 heterocycles. The lowest BCUT2D eigenvalue weighted by atomic mass is 9.95. The van der Waals surface area contributed by atoms with Gasteiger partial charge in [-0.05, 0) is 117 Å². The van der Waals surface area contributed by atoms with Crippen molar-refractivity contribution in [2.45, 2.75) is 0 Å². The SMILES string of the molecule is c1ccc(-c2ccc3c(c2)c2ccccc2n3-c2ccc3c(c2)oc2ccc(-c4cccc(-c5ccc6c(c5)oc5cccc(-c7cccc(-c8nc(-c9ccccc9)nc(-c9ccccc9)n8)c7)c56)c4)cc23)cc1. The summed E-state index contributed by atoms with van der Waals surface area (Å²) in [5.41, 5.74) is 18.5. The van der Waals surface area contributed by atoms with Crippen molar-refractivity contribution in [1.29, 1.82) is 0 Å². The highest BCUT2D eigenvalue weighted by atomic mass is 16.3. The number of rotatable bonds is 8. The van der Waals surface area contributed by atoms with Gasteiger partial charge in [-0.2, -0.15) is 0 Å². The molecule has 0 radical (unpaired) electrons. The monoisotopic (exact) mass is 958 g/mol. The van der Waals surface area contributed by atoms with Gasteiger partial charge in [-0.15, -0.1) is 0 Å². The third-order valence-electron chi connectivity index (χ3n) is 14.7. The lowest BCUT2D eigenvalue weighted by Gasteiger charge is -2.10. The predicted octanol–water partition coefficient (Wildman–Crippen LogP) is 18.4. The van der Waals surface area contributed by atoms with Crippen molar-refractivity contribution in [2.75, 3.05) is 0 Å². The van der Waals surface area contributed by atoms with E-state index in [4.69, 9.17) is 23.8 Å². The quantitative estimate of drug-likeness (QED) is 0.152. The first-order chi connectivity index (χ1) is 37.1. The second-order valence-corrected chi connectivity index (χ2v) is 19.1. The molecule has 15 aromatic rings. The van der Waals surface area contributed by atoms with Gasteiger partial charge in [0, 0.05) is 60.8 Å². The van der Waals surface area contributed by atoms with Crippen LogP contribution in [0.1, 0.15) is 0 Å².